The van der Waals surface area contributed by atoms with Gasteiger partial charge in [0.2, 0.25) is 0 Å². The van der Waals surface area contributed by atoms with Crippen LogP contribution in [-0.2, 0) is 6.54 Å². The van der Waals surface area contributed by atoms with Crippen LogP contribution in [0.15, 0.2) is 59.8 Å². The zero-order chi connectivity index (χ0) is 22.8. The van der Waals surface area contributed by atoms with Crippen LogP contribution in [0.4, 0.5) is 0 Å². The van der Waals surface area contributed by atoms with E-state index in [0.29, 0.717) is 28.9 Å². The van der Waals surface area contributed by atoms with Crippen LogP contribution in [0, 0.1) is 0 Å². The fraction of sp³-hybridized carbons (Fsp3) is 0.308. The van der Waals surface area contributed by atoms with Gasteiger partial charge >= 0.3 is 0 Å². The minimum Gasteiger partial charge on any atom is -0.493 e. The molecule has 0 saturated carbocycles. The standard InChI is InChI=1S/C26H28N4O3/c1-32-24-14-20-23(15-25(24)33-2)28-17-30(26(20)31)11-5-10-29-12-8-18(9-13-29)21-16-27-22-7-4-3-6-19(21)22/h3-4,6-8,14-17,27H,5,9-13H2,1-2H3. The van der Waals surface area contributed by atoms with Gasteiger partial charge in [0.25, 0.3) is 5.56 Å². The summed E-state index contributed by atoms with van der Waals surface area (Å²) >= 11 is 0. The molecule has 0 radical (unpaired) electrons. The Bertz CT molecular complexity index is 1390. The number of nitrogens with zero attached hydrogens (tertiary/aromatic N) is 3. The lowest BCUT2D eigenvalue weighted by Gasteiger charge is -2.26. The van der Waals surface area contributed by atoms with E-state index in [1.807, 2.05) is 0 Å². The van der Waals surface area contributed by atoms with E-state index in [9.17, 15) is 4.79 Å². The van der Waals surface area contributed by atoms with E-state index < -0.39 is 0 Å². The second-order valence-electron chi connectivity index (χ2n) is 8.35. The van der Waals surface area contributed by atoms with Crippen LogP contribution in [0.25, 0.3) is 27.4 Å². The van der Waals surface area contributed by atoms with Gasteiger partial charge in [-0.15, -0.1) is 0 Å². The van der Waals surface area contributed by atoms with Gasteiger partial charge in [0.1, 0.15) is 0 Å². The van der Waals surface area contributed by atoms with Crippen molar-refractivity contribution in [2.24, 2.45) is 0 Å². The Morgan fingerprint density at radius 2 is 1.88 bits per heavy atom. The molecular weight excluding hydrogens is 416 g/mol. The molecule has 0 unspecified atom stereocenters. The monoisotopic (exact) mass is 444 g/mol. The minimum absolute atomic E-state index is 0.0545. The molecule has 5 rings (SSSR count). The fourth-order valence-electron chi connectivity index (χ4n) is 4.61. The Hall–Kier alpha value is -3.58. The molecule has 1 aliphatic heterocycles. The first-order valence-corrected chi connectivity index (χ1v) is 11.3. The lowest BCUT2D eigenvalue weighted by atomic mass is 9.99. The first-order valence-electron chi connectivity index (χ1n) is 11.3. The molecule has 0 spiro atoms. The van der Waals surface area contributed by atoms with Crippen molar-refractivity contribution < 1.29 is 9.47 Å². The van der Waals surface area contributed by atoms with Crippen molar-refractivity contribution in [1.29, 1.82) is 0 Å². The van der Waals surface area contributed by atoms with Crippen molar-refractivity contribution in [3.05, 3.63) is 70.9 Å². The SMILES string of the molecule is COc1cc2ncn(CCCN3CC=C(c4c[nH]c5ccccc45)CC3)c(=O)c2cc1OC. The quantitative estimate of drug-likeness (QED) is 0.465. The second kappa shape index (κ2) is 9.11. The fourth-order valence-corrected chi connectivity index (χ4v) is 4.61. The molecule has 1 aliphatic rings. The number of nitrogens with one attached hydrogen (secondary N) is 1. The number of H-pyrrole nitrogens is 1. The topological polar surface area (TPSA) is 72.4 Å². The van der Waals surface area contributed by atoms with Crippen molar-refractivity contribution >= 4 is 27.4 Å². The van der Waals surface area contributed by atoms with Crippen molar-refractivity contribution in [3.63, 3.8) is 0 Å². The zero-order valence-electron chi connectivity index (χ0n) is 19.0. The summed E-state index contributed by atoms with van der Waals surface area (Å²) in [5.74, 6) is 1.10. The van der Waals surface area contributed by atoms with Crippen LogP contribution in [0.2, 0.25) is 0 Å². The molecule has 7 nitrogen and oxygen atoms in total. The first-order chi connectivity index (χ1) is 16.2. The number of methoxy groups -OCH3 is 2. The van der Waals surface area contributed by atoms with Crippen molar-refractivity contribution in [3.8, 4) is 11.5 Å². The van der Waals surface area contributed by atoms with Crippen LogP contribution in [-0.4, -0.2) is 53.3 Å². The van der Waals surface area contributed by atoms with Gasteiger partial charge in [0.15, 0.2) is 11.5 Å². The highest BCUT2D eigenvalue weighted by atomic mass is 16.5. The number of aromatic nitrogens is 3. The smallest absolute Gasteiger partial charge is 0.261 e. The summed E-state index contributed by atoms with van der Waals surface area (Å²) in [6, 6.07) is 11.9. The number of fused-ring (bicyclic) bond motifs is 2. The van der Waals surface area contributed by atoms with Gasteiger partial charge in [-0.25, -0.2) is 4.98 Å². The third-order valence-electron chi connectivity index (χ3n) is 6.43. The van der Waals surface area contributed by atoms with Gasteiger partial charge in [-0.3, -0.25) is 14.3 Å². The van der Waals surface area contributed by atoms with E-state index in [4.69, 9.17) is 9.47 Å². The van der Waals surface area contributed by atoms with Crippen LogP contribution < -0.4 is 15.0 Å². The van der Waals surface area contributed by atoms with E-state index in [1.54, 1.807) is 37.2 Å². The van der Waals surface area contributed by atoms with Crippen LogP contribution in [0.5, 0.6) is 11.5 Å². The van der Waals surface area contributed by atoms with E-state index in [0.717, 1.165) is 32.5 Å². The number of aryl methyl sites for hydroxylation is 1. The first kappa shape index (κ1) is 21.3. The molecule has 4 aromatic rings. The van der Waals surface area contributed by atoms with E-state index in [-0.39, 0.29) is 5.56 Å². The Labute approximate surface area is 192 Å². The maximum atomic E-state index is 13.0. The van der Waals surface area contributed by atoms with Crippen LogP contribution in [0.3, 0.4) is 0 Å². The van der Waals surface area contributed by atoms with Gasteiger partial charge in [0.05, 0.1) is 31.4 Å². The van der Waals surface area contributed by atoms with Crippen molar-refractivity contribution in [2.45, 2.75) is 19.4 Å². The summed E-state index contributed by atoms with van der Waals surface area (Å²) in [6.07, 6.45) is 8.00. The van der Waals surface area contributed by atoms with E-state index in [1.165, 1.54) is 22.0 Å². The average Bonchev–Trinajstić information content (AvgIpc) is 3.29. The highest BCUT2D eigenvalue weighted by molar-refractivity contribution is 5.92. The lowest BCUT2D eigenvalue weighted by Crippen LogP contribution is -2.31. The molecule has 0 atom stereocenters. The number of benzene rings is 2. The molecule has 2 aromatic heterocycles. The maximum absolute atomic E-state index is 13.0. The molecule has 1 N–H and O–H groups in total. The Balaban J connectivity index is 1.23. The summed E-state index contributed by atoms with van der Waals surface area (Å²) in [6.45, 7) is 3.52. The molecule has 0 saturated heterocycles. The van der Waals surface area contributed by atoms with Gasteiger partial charge < -0.3 is 14.5 Å². The largest absolute Gasteiger partial charge is 0.493 e. The van der Waals surface area contributed by atoms with Gasteiger partial charge in [0, 0.05) is 54.9 Å². The molecule has 2 aromatic carbocycles. The van der Waals surface area contributed by atoms with Gasteiger partial charge in [-0.2, -0.15) is 0 Å². The molecular formula is C26H28N4O3. The van der Waals surface area contributed by atoms with Gasteiger partial charge in [-0.1, -0.05) is 24.3 Å². The maximum Gasteiger partial charge on any atom is 0.261 e. The highest BCUT2D eigenvalue weighted by Gasteiger charge is 2.16. The predicted octanol–water partition coefficient (Wildman–Crippen LogP) is 4.07. The van der Waals surface area contributed by atoms with E-state index >= 15 is 0 Å². The Morgan fingerprint density at radius 3 is 2.67 bits per heavy atom. The summed E-state index contributed by atoms with van der Waals surface area (Å²) < 4.78 is 12.3. The van der Waals surface area contributed by atoms with Crippen LogP contribution >= 0.6 is 0 Å². The molecule has 0 aliphatic carbocycles. The predicted molar refractivity (Wildman–Crippen MR) is 131 cm³/mol. The summed E-state index contributed by atoms with van der Waals surface area (Å²) in [5.41, 5.74) is 4.46. The number of hydrogen-bond acceptors (Lipinski definition) is 5. The van der Waals surface area contributed by atoms with Gasteiger partial charge in [-0.05, 0) is 30.5 Å². The highest BCUT2D eigenvalue weighted by Crippen LogP contribution is 2.30. The van der Waals surface area contributed by atoms with E-state index in [2.05, 4.69) is 51.4 Å². The third-order valence-corrected chi connectivity index (χ3v) is 6.43. The zero-order valence-corrected chi connectivity index (χ0v) is 19.0. The molecule has 33 heavy (non-hydrogen) atoms. The molecule has 3 heterocycles. The third kappa shape index (κ3) is 4.12. The molecule has 0 fully saturated rings. The number of hydrogen-bond donors (Lipinski definition) is 1. The summed E-state index contributed by atoms with van der Waals surface area (Å²) in [5, 5.41) is 1.83. The van der Waals surface area contributed by atoms with Crippen molar-refractivity contribution in [1.82, 2.24) is 19.4 Å². The Kier molecular flexibility index (Phi) is 5.88. The molecule has 170 valence electrons. The Morgan fingerprint density at radius 1 is 1.06 bits per heavy atom. The molecule has 0 bridgehead atoms. The lowest BCUT2D eigenvalue weighted by molar-refractivity contribution is 0.291. The van der Waals surface area contributed by atoms with Crippen molar-refractivity contribution in [2.75, 3.05) is 33.9 Å². The number of ether oxygens (including phenoxy) is 2. The summed E-state index contributed by atoms with van der Waals surface area (Å²) in [7, 11) is 3.14. The average molecular weight is 445 g/mol. The number of rotatable bonds is 7. The summed E-state index contributed by atoms with van der Waals surface area (Å²) in [4.78, 5) is 23.2. The number of aromatic amines is 1. The van der Waals surface area contributed by atoms with Crippen LogP contribution in [0.1, 0.15) is 18.4 Å². The molecule has 7 heteroatoms. The number of para-hydroxylation sites is 1. The molecule has 0 amide bonds. The second-order valence-corrected chi connectivity index (χ2v) is 8.35. The normalized spacial score (nSPS) is 14.5. The minimum atomic E-state index is -0.0545.